The Labute approximate surface area is 112 Å². The molecule has 1 aliphatic heterocycles. The Bertz CT molecular complexity index is 483. The van der Waals surface area contributed by atoms with Crippen LogP contribution in [0.5, 0.6) is 0 Å². The maximum Gasteiger partial charge on any atom is 0.417 e. The summed E-state index contributed by atoms with van der Waals surface area (Å²) in [6.45, 7) is 5.79. The number of carbonyl (C=O) groups is 2. The van der Waals surface area contributed by atoms with Gasteiger partial charge in [-0.2, -0.15) is 0 Å². The van der Waals surface area contributed by atoms with Gasteiger partial charge in [-0.25, -0.2) is 9.69 Å². The topological polar surface area (TPSA) is 46.6 Å². The van der Waals surface area contributed by atoms with Crippen molar-refractivity contribution < 1.29 is 14.3 Å². The second-order valence-electron chi connectivity index (χ2n) is 4.66. The highest BCUT2D eigenvalue weighted by molar-refractivity contribution is 5.94. The third kappa shape index (κ3) is 2.84. The van der Waals surface area contributed by atoms with Crippen LogP contribution in [0.25, 0.3) is 0 Å². The summed E-state index contributed by atoms with van der Waals surface area (Å²) in [5, 5.41) is 0. The van der Waals surface area contributed by atoms with E-state index in [-0.39, 0.29) is 30.9 Å². The molecule has 0 bridgehead atoms. The molecule has 1 fully saturated rings. The zero-order chi connectivity index (χ0) is 13.8. The van der Waals surface area contributed by atoms with E-state index in [0.717, 1.165) is 10.5 Å². The standard InChI is InChI=1S/C15H17NO3/c1-3-13-10-19-15(18)16(13)14(17)9-11(2)12-7-5-4-6-8-12/h3-8,11,13H,1,9-10H2,2H3/t11-,13+/m1/s1. The molecule has 1 aliphatic rings. The van der Waals surface area contributed by atoms with Gasteiger partial charge < -0.3 is 4.74 Å². The molecule has 1 aromatic rings. The molecule has 0 spiro atoms. The average molecular weight is 259 g/mol. The molecular weight excluding hydrogens is 242 g/mol. The van der Waals surface area contributed by atoms with Crippen LogP contribution in [0.3, 0.4) is 0 Å². The molecule has 4 nitrogen and oxygen atoms in total. The van der Waals surface area contributed by atoms with E-state index in [1.165, 1.54) is 0 Å². The normalized spacial score (nSPS) is 19.9. The van der Waals surface area contributed by atoms with Gasteiger partial charge in [-0.15, -0.1) is 6.58 Å². The van der Waals surface area contributed by atoms with E-state index in [4.69, 9.17) is 4.74 Å². The first-order chi connectivity index (χ1) is 9.13. The smallest absolute Gasteiger partial charge is 0.417 e. The van der Waals surface area contributed by atoms with E-state index in [1.54, 1.807) is 6.08 Å². The Kier molecular flexibility index (Phi) is 4.00. The number of carbonyl (C=O) groups excluding carboxylic acids is 2. The second kappa shape index (κ2) is 5.69. The van der Waals surface area contributed by atoms with Crippen molar-refractivity contribution in [3.63, 3.8) is 0 Å². The summed E-state index contributed by atoms with van der Waals surface area (Å²) in [7, 11) is 0. The fourth-order valence-corrected chi connectivity index (χ4v) is 2.16. The third-order valence-corrected chi connectivity index (χ3v) is 3.30. The lowest BCUT2D eigenvalue weighted by atomic mass is 9.97. The molecule has 1 heterocycles. The van der Waals surface area contributed by atoms with Gasteiger partial charge in [0, 0.05) is 6.42 Å². The number of benzene rings is 1. The number of hydrogen-bond donors (Lipinski definition) is 0. The molecule has 1 saturated heterocycles. The molecule has 0 radical (unpaired) electrons. The first kappa shape index (κ1) is 13.3. The number of cyclic esters (lactones) is 1. The van der Waals surface area contributed by atoms with Crippen molar-refractivity contribution in [2.24, 2.45) is 0 Å². The average Bonchev–Trinajstić information content (AvgIpc) is 2.80. The van der Waals surface area contributed by atoms with Crippen molar-refractivity contribution >= 4 is 12.0 Å². The summed E-state index contributed by atoms with van der Waals surface area (Å²) in [4.78, 5) is 24.9. The van der Waals surface area contributed by atoms with E-state index in [0.29, 0.717) is 0 Å². The van der Waals surface area contributed by atoms with E-state index in [1.807, 2.05) is 37.3 Å². The quantitative estimate of drug-likeness (QED) is 0.781. The van der Waals surface area contributed by atoms with Crippen molar-refractivity contribution in [1.82, 2.24) is 4.90 Å². The molecule has 0 saturated carbocycles. The highest BCUT2D eigenvalue weighted by Gasteiger charge is 2.36. The predicted octanol–water partition coefficient (Wildman–Crippen LogP) is 2.71. The molecule has 0 unspecified atom stereocenters. The molecule has 2 amide bonds. The molecule has 0 aliphatic carbocycles. The number of rotatable bonds is 4. The molecule has 4 heteroatoms. The van der Waals surface area contributed by atoms with Gasteiger partial charge in [0.2, 0.25) is 5.91 Å². The SMILES string of the molecule is C=C[C@H]1COC(=O)N1C(=O)C[C@@H](C)c1ccccc1. The molecule has 0 N–H and O–H groups in total. The van der Waals surface area contributed by atoms with Crippen LogP contribution in [0.15, 0.2) is 43.0 Å². The highest BCUT2D eigenvalue weighted by Crippen LogP contribution is 2.22. The Morgan fingerprint density at radius 1 is 1.53 bits per heavy atom. The Hall–Kier alpha value is -2.10. The molecular formula is C15H17NO3. The van der Waals surface area contributed by atoms with Crippen molar-refractivity contribution in [3.05, 3.63) is 48.6 Å². The van der Waals surface area contributed by atoms with Crippen LogP contribution in [0.1, 0.15) is 24.8 Å². The first-order valence-corrected chi connectivity index (χ1v) is 6.29. The first-order valence-electron chi connectivity index (χ1n) is 6.29. The van der Waals surface area contributed by atoms with Crippen LogP contribution < -0.4 is 0 Å². The molecule has 1 aromatic carbocycles. The van der Waals surface area contributed by atoms with E-state index in [2.05, 4.69) is 6.58 Å². The van der Waals surface area contributed by atoms with Gasteiger partial charge in [-0.3, -0.25) is 4.79 Å². The number of nitrogens with zero attached hydrogens (tertiary/aromatic N) is 1. The van der Waals surface area contributed by atoms with Crippen LogP contribution in [0.2, 0.25) is 0 Å². The van der Waals surface area contributed by atoms with E-state index < -0.39 is 6.09 Å². The van der Waals surface area contributed by atoms with Crippen LogP contribution in [0.4, 0.5) is 4.79 Å². The van der Waals surface area contributed by atoms with Gasteiger partial charge in [0.25, 0.3) is 0 Å². The van der Waals surface area contributed by atoms with Gasteiger partial charge in [-0.05, 0) is 11.5 Å². The summed E-state index contributed by atoms with van der Waals surface area (Å²) in [5.74, 6) is -0.156. The fourth-order valence-electron chi connectivity index (χ4n) is 2.16. The van der Waals surface area contributed by atoms with Gasteiger partial charge >= 0.3 is 6.09 Å². The summed E-state index contributed by atoms with van der Waals surface area (Å²) < 4.78 is 4.87. The minimum atomic E-state index is -0.574. The number of amides is 2. The Balaban J connectivity index is 2.05. The minimum absolute atomic E-state index is 0.0626. The van der Waals surface area contributed by atoms with Crippen LogP contribution >= 0.6 is 0 Å². The summed E-state index contributed by atoms with van der Waals surface area (Å²) in [5.41, 5.74) is 1.08. The van der Waals surface area contributed by atoms with Gasteiger partial charge in [0.05, 0.1) is 6.04 Å². The maximum atomic E-state index is 12.2. The van der Waals surface area contributed by atoms with Crippen molar-refractivity contribution in [2.45, 2.75) is 25.3 Å². The van der Waals surface area contributed by atoms with Crippen molar-refractivity contribution in [1.29, 1.82) is 0 Å². The Morgan fingerprint density at radius 2 is 2.21 bits per heavy atom. The lowest BCUT2D eigenvalue weighted by Gasteiger charge is -2.19. The molecule has 2 atom stereocenters. The largest absolute Gasteiger partial charge is 0.447 e. The van der Waals surface area contributed by atoms with Crippen molar-refractivity contribution in [2.75, 3.05) is 6.61 Å². The number of ether oxygens (including phenoxy) is 1. The summed E-state index contributed by atoms with van der Waals surface area (Å²) in [6, 6.07) is 9.42. The third-order valence-electron chi connectivity index (χ3n) is 3.30. The van der Waals surface area contributed by atoms with Gasteiger partial charge in [0.15, 0.2) is 0 Å². The summed E-state index contributed by atoms with van der Waals surface area (Å²) in [6.07, 6.45) is 1.27. The second-order valence-corrected chi connectivity index (χ2v) is 4.66. The van der Waals surface area contributed by atoms with Crippen LogP contribution in [0, 0.1) is 0 Å². The lowest BCUT2D eigenvalue weighted by molar-refractivity contribution is -0.128. The van der Waals surface area contributed by atoms with Gasteiger partial charge in [0.1, 0.15) is 6.61 Å². The molecule has 100 valence electrons. The Morgan fingerprint density at radius 3 is 2.84 bits per heavy atom. The number of imide groups is 1. The summed E-state index contributed by atoms with van der Waals surface area (Å²) >= 11 is 0. The van der Waals surface area contributed by atoms with Crippen molar-refractivity contribution in [3.8, 4) is 0 Å². The lowest BCUT2D eigenvalue weighted by Crippen LogP contribution is -2.38. The zero-order valence-corrected chi connectivity index (χ0v) is 10.9. The molecule has 19 heavy (non-hydrogen) atoms. The fraction of sp³-hybridized carbons (Fsp3) is 0.333. The molecule has 2 rings (SSSR count). The minimum Gasteiger partial charge on any atom is -0.447 e. The van der Waals surface area contributed by atoms with E-state index in [9.17, 15) is 9.59 Å². The monoisotopic (exact) mass is 259 g/mol. The predicted molar refractivity (Wildman–Crippen MR) is 71.7 cm³/mol. The maximum absolute atomic E-state index is 12.2. The van der Waals surface area contributed by atoms with Crippen LogP contribution in [-0.2, 0) is 9.53 Å². The number of hydrogen-bond acceptors (Lipinski definition) is 3. The molecule has 0 aromatic heterocycles. The highest BCUT2D eigenvalue weighted by atomic mass is 16.6. The van der Waals surface area contributed by atoms with E-state index >= 15 is 0 Å². The zero-order valence-electron chi connectivity index (χ0n) is 10.9. The van der Waals surface area contributed by atoms with Crippen LogP contribution in [-0.4, -0.2) is 29.5 Å². The van der Waals surface area contributed by atoms with Gasteiger partial charge in [-0.1, -0.05) is 43.3 Å².